The van der Waals surface area contributed by atoms with Crippen molar-refractivity contribution in [1.29, 1.82) is 0 Å². The number of aryl methyl sites for hydroxylation is 1. The zero-order valence-electron chi connectivity index (χ0n) is 11.0. The van der Waals surface area contributed by atoms with Gasteiger partial charge in [-0.1, -0.05) is 6.07 Å². The predicted molar refractivity (Wildman–Crippen MR) is 75.5 cm³/mol. The van der Waals surface area contributed by atoms with E-state index in [1.54, 1.807) is 6.20 Å². The molecule has 0 saturated carbocycles. The van der Waals surface area contributed by atoms with Crippen molar-refractivity contribution in [3.8, 4) is 5.75 Å². The maximum absolute atomic E-state index is 5.45. The Morgan fingerprint density at radius 3 is 2.95 bits per heavy atom. The van der Waals surface area contributed by atoms with Crippen molar-refractivity contribution in [3.63, 3.8) is 0 Å². The van der Waals surface area contributed by atoms with Crippen molar-refractivity contribution in [2.75, 3.05) is 17.3 Å². The number of ether oxygens (including phenoxy) is 1. The topological polar surface area (TPSA) is 85.1 Å². The van der Waals surface area contributed by atoms with Crippen LogP contribution in [0.25, 0.3) is 0 Å². The number of nitrogens with two attached hydrogens (primary N) is 1. The summed E-state index contributed by atoms with van der Waals surface area (Å²) in [5.74, 6) is 7.19. The summed E-state index contributed by atoms with van der Waals surface area (Å²) in [6.45, 7) is 4.51. The first-order chi connectivity index (χ1) is 9.22. The molecule has 19 heavy (non-hydrogen) atoms. The van der Waals surface area contributed by atoms with Crippen LogP contribution in [0.1, 0.15) is 12.5 Å². The Kier molecular flexibility index (Phi) is 4.15. The summed E-state index contributed by atoms with van der Waals surface area (Å²) in [5, 5.41) is 3.22. The third kappa shape index (κ3) is 3.32. The number of anilines is 3. The van der Waals surface area contributed by atoms with E-state index < -0.39 is 0 Å². The Morgan fingerprint density at radius 1 is 1.37 bits per heavy atom. The van der Waals surface area contributed by atoms with Crippen LogP contribution in [0.5, 0.6) is 5.75 Å². The van der Waals surface area contributed by atoms with Crippen molar-refractivity contribution < 1.29 is 4.74 Å². The molecular formula is C13H17N5O. The van der Waals surface area contributed by atoms with Crippen molar-refractivity contribution >= 4 is 17.5 Å². The Labute approximate surface area is 112 Å². The maximum atomic E-state index is 5.45. The molecule has 6 nitrogen and oxygen atoms in total. The fraction of sp³-hybridized carbons (Fsp3) is 0.231. The van der Waals surface area contributed by atoms with Gasteiger partial charge in [-0.25, -0.2) is 10.8 Å². The van der Waals surface area contributed by atoms with Crippen molar-refractivity contribution in [1.82, 2.24) is 9.97 Å². The molecular weight excluding hydrogens is 242 g/mol. The van der Waals surface area contributed by atoms with E-state index in [1.807, 2.05) is 38.1 Å². The lowest BCUT2D eigenvalue weighted by Crippen LogP contribution is -2.11. The van der Waals surface area contributed by atoms with Crippen LogP contribution < -0.4 is 21.3 Å². The maximum Gasteiger partial charge on any atom is 0.239 e. The van der Waals surface area contributed by atoms with Gasteiger partial charge in [0.2, 0.25) is 5.95 Å². The minimum absolute atomic E-state index is 0.370. The quantitative estimate of drug-likeness (QED) is 0.564. The molecule has 0 saturated heterocycles. The molecule has 2 aromatic rings. The van der Waals surface area contributed by atoms with E-state index >= 15 is 0 Å². The largest absolute Gasteiger partial charge is 0.494 e. The van der Waals surface area contributed by atoms with Crippen molar-refractivity contribution in [2.24, 2.45) is 5.84 Å². The van der Waals surface area contributed by atoms with Gasteiger partial charge in [-0.2, -0.15) is 4.98 Å². The summed E-state index contributed by atoms with van der Waals surface area (Å²) < 4.78 is 5.45. The molecule has 0 aliphatic rings. The monoisotopic (exact) mass is 259 g/mol. The number of benzene rings is 1. The molecule has 0 spiro atoms. The van der Waals surface area contributed by atoms with Crippen LogP contribution in [-0.4, -0.2) is 16.6 Å². The standard InChI is InChI=1S/C13H17N5O/c1-3-19-11-6-4-5-10(7-11)16-12-9(2)8-15-13(17-12)18-14/h4-8H,3,14H2,1-2H3,(H2,15,16,17,18). The van der Waals surface area contributed by atoms with E-state index in [2.05, 4.69) is 20.7 Å². The molecule has 0 aliphatic heterocycles. The van der Waals surface area contributed by atoms with E-state index in [4.69, 9.17) is 10.6 Å². The molecule has 2 rings (SSSR count). The molecule has 1 heterocycles. The first kappa shape index (κ1) is 13.1. The van der Waals surface area contributed by atoms with Gasteiger partial charge in [-0.15, -0.1) is 0 Å². The Hall–Kier alpha value is -2.34. The highest BCUT2D eigenvalue weighted by atomic mass is 16.5. The molecule has 0 unspecified atom stereocenters. The summed E-state index contributed by atoms with van der Waals surface area (Å²) >= 11 is 0. The zero-order valence-corrected chi connectivity index (χ0v) is 11.0. The average Bonchev–Trinajstić information content (AvgIpc) is 2.42. The normalized spacial score (nSPS) is 10.1. The van der Waals surface area contributed by atoms with Gasteiger partial charge in [-0.05, 0) is 26.0 Å². The Bertz CT molecular complexity index is 558. The van der Waals surface area contributed by atoms with Crippen LogP contribution in [0.2, 0.25) is 0 Å². The highest BCUT2D eigenvalue weighted by Crippen LogP contribution is 2.22. The number of nitrogens with zero attached hydrogens (tertiary/aromatic N) is 2. The van der Waals surface area contributed by atoms with Crippen LogP contribution in [0.4, 0.5) is 17.5 Å². The van der Waals surface area contributed by atoms with E-state index in [0.717, 1.165) is 17.0 Å². The van der Waals surface area contributed by atoms with Crippen LogP contribution in [0.15, 0.2) is 30.5 Å². The lowest BCUT2D eigenvalue weighted by molar-refractivity contribution is 0.340. The summed E-state index contributed by atoms with van der Waals surface area (Å²) in [6.07, 6.45) is 1.71. The van der Waals surface area contributed by atoms with Crippen LogP contribution in [0, 0.1) is 6.92 Å². The molecule has 0 amide bonds. The number of aromatic nitrogens is 2. The first-order valence-corrected chi connectivity index (χ1v) is 6.03. The molecule has 0 atom stereocenters. The number of rotatable bonds is 5. The van der Waals surface area contributed by atoms with E-state index in [-0.39, 0.29) is 0 Å². The highest BCUT2D eigenvalue weighted by Gasteiger charge is 2.04. The van der Waals surface area contributed by atoms with Crippen LogP contribution in [0.3, 0.4) is 0 Å². The van der Waals surface area contributed by atoms with E-state index in [1.165, 1.54) is 0 Å². The fourth-order valence-corrected chi connectivity index (χ4v) is 1.61. The number of hydrogen-bond donors (Lipinski definition) is 3. The molecule has 0 bridgehead atoms. The summed E-state index contributed by atoms with van der Waals surface area (Å²) in [5.41, 5.74) is 4.26. The number of hydrazine groups is 1. The summed E-state index contributed by atoms with van der Waals surface area (Å²) in [6, 6.07) is 7.69. The third-order valence-electron chi connectivity index (χ3n) is 2.51. The Morgan fingerprint density at radius 2 is 2.21 bits per heavy atom. The third-order valence-corrected chi connectivity index (χ3v) is 2.51. The second-order valence-corrected chi connectivity index (χ2v) is 3.96. The number of hydrogen-bond acceptors (Lipinski definition) is 6. The van der Waals surface area contributed by atoms with Gasteiger partial charge >= 0.3 is 0 Å². The molecule has 0 radical (unpaired) electrons. The Balaban J connectivity index is 2.22. The second-order valence-electron chi connectivity index (χ2n) is 3.96. The second kappa shape index (κ2) is 6.01. The number of nitrogen functional groups attached to an aromatic ring is 1. The predicted octanol–water partition coefficient (Wildman–Crippen LogP) is 2.21. The van der Waals surface area contributed by atoms with Crippen LogP contribution in [-0.2, 0) is 0 Å². The summed E-state index contributed by atoms with van der Waals surface area (Å²) in [7, 11) is 0. The van der Waals surface area contributed by atoms with Gasteiger partial charge in [-0.3, -0.25) is 5.43 Å². The highest BCUT2D eigenvalue weighted by molar-refractivity contribution is 5.61. The minimum atomic E-state index is 0.370. The van der Waals surface area contributed by atoms with E-state index in [9.17, 15) is 0 Å². The smallest absolute Gasteiger partial charge is 0.239 e. The van der Waals surface area contributed by atoms with Gasteiger partial charge in [0.05, 0.1) is 6.61 Å². The van der Waals surface area contributed by atoms with Crippen molar-refractivity contribution in [3.05, 3.63) is 36.0 Å². The van der Waals surface area contributed by atoms with Gasteiger partial charge in [0.1, 0.15) is 11.6 Å². The van der Waals surface area contributed by atoms with Crippen molar-refractivity contribution in [2.45, 2.75) is 13.8 Å². The fourth-order valence-electron chi connectivity index (χ4n) is 1.61. The SMILES string of the molecule is CCOc1cccc(Nc2nc(NN)ncc2C)c1. The lowest BCUT2D eigenvalue weighted by atomic mass is 10.3. The minimum Gasteiger partial charge on any atom is -0.494 e. The molecule has 1 aromatic carbocycles. The van der Waals surface area contributed by atoms with Gasteiger partial charge in [0.25, 0.3) is 0 Å². The van der Waals surface area contributed by atoms with Gasteiger partial charge in [0.15, 0.2) is 0 Å². The lowest BCUT2D eigenvalue weighted by Gasteiger charge is -2.11. The van der Waals surface area contributed by atoms with Gasteiger partial charge in [0, 0.05) is 23.5 Å². The molecule has 100 valence electrons. The van der Waals surface area contributed by atoms with E-state index in [0.29, 0.717) is 18.4 Å². The molecule has 1 aromatic heterocycles. The molecule has 0 aliphatic carbocycles. The average molecular weight is 259 g/mol. The first-order valence-electron chi connectivity index (χ1n) is 6.03. The molecule has 0 fully saturated rings. The number of nitrogens with one attached hydrogen (secondary N) is 2. The van der Waals surface area contributed by atoms with Crippen LogP contribution >= 0.6 is 0 Å². The molecule has 4 N–H and O–H groups in total. The summed E-state index contributed by atoms with van der Waals surface area (Å²) in [4.78, 5) is 8.30. The zero-order chi connectivity index (χ0) is 13.7. The molecule has 6 heteroatoms. The van der Waals surface area contributed by atoms with Gasteiger partial charge < -0.3 is 10.1 Å².